The summed E-state index contributed by atoms with van der Waals surface area (Å²) in [5, 5.41) is 0. The van der Waals surface area contributed by atoms with E-state index in [0.29, 0.717) is 6.42 Å². The summed E-state index contributed by atoms with van der Waals surface area (Å²) in [6, 6.07) is 0. The molecule has 104 valence electrons. The van der Waals surface area contributed by atoms with Crippen molar-refractivity contribution >= 4 is 11.8 Å². The van der Waals surface area contributed by atoms with Crippen molar-refractivity contribution in [3.05, 3.63) is 12.2 Å². The Morgan fingerprint density at radius 1 is 1.17 bits per heavy atom. The van der Waals surface area contributed by atoms with Crippen molar-refractivity contribution in [3.63, 3.8) is 0 Å². The Kier molecular flexibility index (Phi) is 7.56. The van der Waals surface area contributed by atoms with E-state index in [-0.39, 0.29) is 17.7 Å². The molecule has 0 aliphatic carbocycles. The fraction of sp³-hybridized carbons (Fsp3) is 0.733. The Bertz CT molecular complexity index is 295. The monoisotopic (exact) mass is 254 g/mol. The molecule has 0 unspecified atom stereocenters. The van der Waals surface area contributed by atoms with Crippen LogP contribution in [0.3, 0.4) is 0 Å². The molecule has 0 aliphatic rings. The van der Waals surface area contributed by atoms with Crippen molar-refractivity contribution in [2.24, 2.45) is 5.92 Å². The Morgan fingerprint density at radius 3 is 2.28 bits per heavy atom. The fourth-order valence-corrected chi connectivity index (χ4v) is 1.32. The highest BCUT2D eigenvalue weighted by Gasteiger charge is 2.15. The van der Waals surface area contributed by atoms with Gasteiger partial charge in [-0.3, -0.25) is 9.59 Å². The molecule has 0 bridgehead atoms. The van der Waals surface area contributed by atoms with Crippen LogP contribution in [0.1, 0.15) is 60.3 Å². The van der Waals surface area contributed by atoms with Crippen LogP contribution < -0.4 is 0 Å². The van der Waals surface area contributed by atoms with E-state index in [4.69, 9.17) is 4.74 Å². The van der Waals surface area contributed by atoms with Crippen molar-refractivity contribution in [3.8, 4) is 0 Å². The second-order valence-corrected chi connectivity index (χ2v) is 5.79. The maximum absolute atomic E-state index is 11.4. The molecule has 0 aromatic carbocycles. The van der Waals surface area contributed by atoms with Gasteiger partial charge in [0, 0.05) is 12.3 Å². The summed E-state index contributed by atoms with van der Waals surface area (Å²) in [6.45, 7) is 9.37. The topological polar surface area (TPSA) is 43.4 Å². The lowest BCUT2D eigenvalue weighted by atomic mass is 10.1. The summed E-state index contributed by atoms with van der Waals surface area (Å²) in [6.07, 6.45) is 6.51. The van der Waals surface area contributed by atoms with Gasteiger partial charge in [-0.2, -0.15) is 0 Å². The Labute approximate surface area is 111 Å². The molecule has 0 saturated carbocycles. The molecular formula is C15H26O3. The highest BCUT2D eigenvalue weighted by molar-refractivity contribution is 5.91. The van der Waals surface area contributed by atoms with E-state index in [1.165, 1.54) is 0 Å². The van der Waals surface area contributed by atoms with Crippen molar-refractivity contribution in [2.45, 2.75) is 65.9 Å². The molecule has 0 fully saturated rings. The summed E-state index contributed by atoms with van der Waals surface area (Å²) >= 11 is 0. The van der Waals surface area contributed by atoms with Crippen LogP contribution in [0.5, 0.6) is 0 Å². The molecule has 0 atom stereocenters. The fourth-order valence-electron chi connectivity index (χ4n) is 1.32. The molecule has 0 saturated heterocycles. The average molecular weight is 254 g/mol. The summed E-state index contributed by atoms with van der Waals surface area (Å²) in [5.74, 6) is 0.0647. The van der Waals surface area contributed by atoms with Gasteiger partial charge in [-0.25, -0.2) is 0 Å². The molecule has 0 radical (unpaired) electrons. The Balaban J connectivity index is 3.63. The van der Waals surface area contributed by atoms with Crippen molar-refractivity contribution in [1.82, 2.24) is 0 Å². The molecule has 0 spiro atoms. The smallest absolute Gasteiger partial charge is 0.306 e. The van der Waals surface area contributed by atoms with E-state index < -0.39 is 5.60 Å². The van der Waals surface area contributed by atoms with Crippen LogP contribution in [0.15, 0.2) is 12.2 Å². The predicted octanol–water partition coefficient (Wildman–Crippen LogP) is 3.67. The lowest BCUT2D eigenvalue weighted by Gasteiger charge is -2.19. The molecule has 0 aliphatic heterocycles. The molecule has 18 heavy (non-hydrogen) atoms. The number of hydrogen-bond donors (Lipinski definition) is 0. The number of carbonyl (C=O) groups excluding carboxylic acids is 2. The van der Waals surface area contributed by atoms with Gasteiger partial charge in [-0.1, -0.05) is 19.9 Å². The van der Waals surface area contributed by atoms with Gasteiger partial charge in [0.2, 0.25) is 0 Å². The quantitative estimate of drug-likeness (QED) is 0.395. The molecule has 0 rings (SSSR count). The Hall–Kier alpha value is -1.12. The van der Waals surface area contributed by atoms with Gasteiger partial charge in [0.1, 0.15) is 5.60 Å². The van der Waals surface area contributed by atoms with Crippen molar-refractivity contribution < 1.29 is 14.3 Å². The molecule has 0 aromatic rings. The minimum atomic E-state index is -0.402. The first kappa shape index (κ1) is 16.9. The average Bonchev–Trinajstić information content (AvgIpc) is 2.19. The highest BCUT2D eigenvalue weighted by atomic mass is 16.6. The zero-order valence-electron chi connectivity index (χ0n) is 12.3. The number of allylic oxidation sites excluding steroid dienone is 2. The number of ketones is 1. The van der Waals surface area contributed by atoms with Gasteiger partial charge in [0.15, 0.2) is 5.78 Å². The highest BCUT2D eigenvalue weighted by Crippen LogP contribution is 2.10. The largest absolute Gasteiger partial charge is 0.460 e. The number of esters is 1. The molecule has 0 amide bonds. The zero-order valence-corrected chi connectivity index (χ0v) is 12.3. The van der Waals surface area contributed by atoms with E-state index in [2.05, 4.69) is 0 Å². The molecule has 3 nitrogen and oxygen atoms in total. The van der Waals surface area contributed by atoms with Crippen LogP contribution in [0, 0.1) is 5.92 Å². The van der Waals surface area contributed by atoms with Crippen LogP contribution in [-0.4, -0.2) is 17.4 Å². The Morgan fingerprint density at radius 2 is 1.78 bits per heavy atom. The minimum absolute atomic E-state index is 0.0583. The van der Waals surface area contributed by atoms with Crippen molar-refractivity contribution in [1.29, 1.82) is 0 Å². The summed E-state index contributed by atoms with van der Waals surface area (Å²) in [5.41, 5.74) is -0.402. The number of unbranched alkanes of at least 4 members (excludes halogenated alkanes) is 2. The molecule has 0 heterocycles. The molecular weight excluding hydrogens is 228 g/mol. The van der Waals surface area contributed by atoms with Crippen LogP contribution in [-0.2, 0) is 14.3 Å². The van der Waals surface area contributed by atoms with Crippen molar-refractivity contribution in [2.75, 3.05) is 0 Å². The first-order chi connectivity index (χ1) is 8.22. The third kappa shape index (κ3) is 10.1. The van der Waals surface area contributed by atoms with E-state index in [1.54, 1.807) is 6.08 Å². The van der Waals surface area contributed by atoms with Gasteiger partial charge < -0.3 is 4.74 Å². The third-order valence-corrected chi connectivity index (χ3v) is 2.27. The van der Waals surface area contributed by atoms with Gasteiger partial charge in [0.25, 0.3) is 0 Å². The van der Waals surface area contributed by atoms with Gasteiger partial charge >= 0.3 is 5.97 Å². The predicted molar refractivity (Wildman–Crippen MR) is 73.3 cm³/mol. The first-order valence-electron chi connectivity index (χ1n) is 6.64. The molecule has 0 N–H and O–H groups in total. The van der Waals surface area contributed by atoms with E-state index in [1.807, 2.05) is 40.7 Å². The number of hydrogen-bond acceptors (Lipinski definition) is 3. The van der Waals surface area contributed by atoms with E-state index in [9.17, 15) is 9.59 Å². The SMILES string of the molecule is CC(C)C(=O)/C=C/CCCCC(=O)OC(C)(C)C. The summed E-state index contributed by atoms with van der Waals surface area (Å²) in [7, 11) is 0. The second kappa shape index (κ2) is 8.06. The zero-order chi connectivity index (χ0) is 14.2. The maximum atomic E-state index is 11.4. The van der Waals surface area contributed by atoms with E-state index >= 15 is 0 Å². The third-order valence-electron chi connectivity index (χ3n) is 2.27. The van der Waals surface area contributed by atoms with E-state index in [0.717, 1.165) is 19.3 Å². The lowest BCUT2D eigenvalue weighted by molar-refractivity contribution is -0.154. The van der Waals surface area contributed by atoms with Crippen LogP contribution in [0.2, 0.25) is 0 Å². The first-order valence-corrected chi connectivity index (χ1v) is 6.64. The standard InChI is InChI=1S/C15H26O3/c1-12(2)13(16)10-8-6-7-9-11-14(17)18-15(3,4)5/h8,10,12H,6-7,9,11H2,1-5H3/b10-8+. The lowest BCUT2D eigenvalue weighted by Crippen LogP contribution is -2.23. The normalized spacial score (nSPS) is 12.1. The summed E-state index contributed by atoms with van der Waals surface area (Å²) < 4.78 is 5.20. The number of rotatable bonds is 7. The minimum Gasteiger partial charge on any atom is -0.460 e. The van der Waals surface area contributed by atoms with Crippen LogP contribution in [0.4, 0.5) is 0 Å². The van der Waals surface area contributed by atoms with Gasteiger partial charge in [-0.15, -0.1) is 0 Å². The maximum Gasteiger partial charge on any atom is 0.306 e. The number of ether oxygens (including phenoxy) is 1. The van der Waals surface area contributed by atoms with Gasteiger partial charge in [-0.05, 0) is 46.1 Å². The van der Waals surface area contributed by atoms with Gasteiger partial charge in [0.05, 0.1) is 0 Å². The molecule has 0 aromatic heterocycles. The van der Waals surface area contributed by atoms with Crippen LogP contribution in [0.25, 0.3) is 0 Å². The second-order valence-electron chi connectivity index (χ2n) is 5.79. The van der Waals surface area contributed by atoms with Crippen LogP contribution >= 0.6 is 0 Å². The molecule has 3 heteroatoms. The number of carbonyl (C=O) groups is 2. The summed E-state index contributed by atoms with van der Waals surface area (Å²) in [4.78, 5) is 22.7.